The van der Waals surface area contributed by atoms with E-state index in [0.717, 1.165) is 4.90 Å². The van der Waals surface area contributed by atoms with Crippen LogP contribution in [0.1, 0.15) is 0 Å². The average molecular weight is 362 g/mol. The number of rotatable bonds is 2. The molecule has 0 aromatic heterocycles. The minimum Gasteiger partial charge on any atom is -0.398 e. The van der Waals surface area contributed by atoms with E-state index < -0.39 is 0 Å². The number of nitrogens with two attached hydrogens (primary N) is 1. The summed E-state index contributed by atoms with van der Waals surface area (Å²) in [7, 11) is 0. The first-order chi connectivity index (χ1) is 7.65. The molecule has 2 aromatic carbocycles. The largest absolute Gasteiger partial charge is 0.398 e. The molecule has 1 nitrogen and oxygen atoms in total. The highest BCUT2D eigenvalue weighted by molar-refractivity contribution is 14.1. The van der Waals surface area contributed by atoms with Crippen LogP contribution < -0.4 is 5.73 Å². The van der Waals surface area contributed by atoms with Gasteiger partial charge in [-0.25, -0.2) is 0 Å². The minimum absolute atomic E-state index is 0.607. The molecule has 2 N–H and O–H groups in total. The van der Waals surface area contributed by atoms with Crippen LogP contribution in [0.2, 0.25) is 5.02 Å². The normalized spacial score (nSPS) is 10.4. The molecule has 0 radical (unpaired) electrons. The highest BCUT2D eigenvalue weighted by atomic mass is 127. The molecule has 0 aliphatic carbocycles. The molecule has 0 heterocycles. The summed E-state index contributed by atoms with van der Waals surface area (Å²) in [4.78, 5) is 2.29. The molecule has 82 valence electrons. The molecule has 0 fully saturated rings. The molecule has 0 saturated carbocycles. The SMILES string of the molecule is Nc1ccc(Sc2ccc(I)cc2)cc1Cl. The first-order valence-electron chi connectivity index (χ1n) is 4.63. The summed E-state index contributed by atoms with van der Waals surface area (Å²) in [5, 5.41) is 0.607. The molecule has 0 spiro atoms. The van der Waals surface area contributed by atoms with Crippen molar-refractivity contribution in [3.63, 3.8) is 0 Å². The van der Waals surface area contributed by atoms with Crippen molar-refractivity contribution in [1.82, 2.24) is 0 Å². The fourth-order valence-corrected chi connectivity index (χ4v) is 2.67. The fourth-order valence-electron chi connectivity index (χ4n) is 1.21. The van der Waals surface area contributed by atoms with E-state index in [1.54, 1.807) is 11.8 Å². The zero-order chi connectivity index (χ0) is 11.5. The van der Waals surface area contributed by atoms with Gasteiger partial charge in [-0.2, -0.15) is 0 Å². The van der Waals surface area contributed by atoms with E-state index in [1.165, 1.54) is 8.47 Å². The fraction of sp³-hybridized carbons (Fsp3) is 0. The van der Waals surface area contributed by atoms with Crippen LogP contribution in [0.4, 0.5) is 5.69 Å². The third-order valence-corrected chi connectivity index (χ3v) is 4.07. The summed E-state index contributed by atoms with van der Waals surface area (Å²) in [6.07, 6.45) is 0. The van der Waals surface area contributed by atoms with Gasteiger partial charge in [0.15, 0.2) is 0 Å². The second-order valence-electron chi connectivity index (χ2n) is 3.24. The highest BCUT2D eigenvalue weighted by Crippen LogP contribution is 2.31. The lowest BCUT2D eigenvalue weighted by atomic mass is 10.3. The molecule has 2 aromatic rings. The Bertz CT molecular complexity index is 499. The van der Waals surface area contributed by atoms with Crippen molar-refractivity contribution in [2.24, 2.45) is 0 Å². The highest BCUT2D eigenvalue weighted by Gasteiger charge is 2.00. The topological polar surface area (TPSA) is 26.0 Å². The summed E-state index contributed by atoms with van der Waals surface area (Å²) in [5.74, 6) is 0. The molecular formula is C12H9ClINS. The van der Waals surface area contributed by atoms with Crippen LogP contribution in [-0.2, 0) is 0 Å². The van der Waals surface area contributed by atoms with Crippen molar-refractivity contribution in [2.75, 3.05) is 5.73 Å². The zero-order valence-corrected chi connectivity index (χ0v) is 12.0. The van der Waals surface area contributed by atoms with Gasteiger partial charge in [-0.1, -0.05) is 23.4 Å². The van der Waals surface area contributed by atoms with Gasteiger partial charge in [0.25, 0.3) is 0 Å². The van der Waals surface area contributed by atoms with Gasteiger partial charge in [-0.05, 0) is 65.1 Å². The second-order valence-corrected chi connectivity index (χ2v) is 6.04. The Morgan fingerprint density at radius 2 is 1.62 bits per heavy atom. The Balaban J connectivity index is 2.20. The third kappa shape index (κ3) is 3.06. The molecule has 4 heteroatoms. The Labute approximate surface area is 118 Å². The number of nitrogen functional groups attached to an aromatic ring is 1. The molecule has 2 rings (SSSR count). The van der Waals surface area contributed by atoms with Gasteiger partial charge in [-0.15, -0.1) is 0 Å². The summed E-state index contributed by atoms with van der Waals surface area (Å²) in [6.45, 7) is 0. The molecule has 0 unspecified atom stereocenters. The average Bonchev–Trinajstić information content (AvgIpc) is 2.27. The van der Waals surface area contributed by atoms with Crippen LogP contribution >= 0.6 is 46.0 Å². The van der Waals surface area contributed by atoms with Crippen molar-refractivity contribution in [3.8, 4) is 0 Å². The molecule has 0 saturated heterocycles. The Kier molecular flexibility index (Phi) is 4.00. The van der Waals surface area contributed by atoms with Gasteiger partial charge in [0.05, 0.1) is 10.7 Å². The number of anilines is 1. The van der Waals surface area contributed by atoms with E-state index in [1.807, 2.05) is 18.2 Å². The molecular weight excluding hydrogens is 353 g/mol. The van der Waals surface area contributed by atoms with Gasteiger partial charge in [0.2, 0.25) is 0 Å². The van der Waals surface area contributed by atoms with Gasteiger partial charge >= 0.3 is 0 Å². The molecule has 0 bridgehead atoms. The van der Waals surface area contributed by atoms with Crippen molar-refractivity contribution in [1.29, 1.82) is 0 Å². The van der Waals surface area contributed by atoms with Crippen LogP contribution in [0, 0.1) is 3.57 Å². The Morgan fingerprint density at radius 1 is 1.00 bits per heavy atom. The van der Waals surface area contributed by atoms with E-state index >= 15 is 0 Å². The van der Waals surface area contributed by atoms with Crippen molar-refractivity contribution in [2.45, 2.75) is 9.79 Å². The number of benzene rings is 2. The van der Waals surface area contributed by atoms with Crippen molar-refractivity contribution in [3.05, 3.63) is 51.1 Å². The van der Waals surface area contributed by atoms with Crippen molar-refractivity contribution < 1.29 is 0 Å². The summed E-state index contributed by atoms with van der Waals surface area (Å²) in [6, 6.07) is 14.1. The minimum atomic E-state index is 0.607. The van der Waals surface area contributed by atoms with Gasteiger partial charge in [-0.3, -0.25) is 0 Å². The van der Waals surface area contributed by atoms with Gasteiger partial charge in [0, 0.05) is 13.4 Å². The van der Waals surface area contributed by atoms with Crippen LogP contribution in [0.25, 0.3) is 0 Å². The molecule has 16 heavy (non-hydrogen) atoms. The summed E-state index contributed by atoms with van der Waals surface area (Å²) < 4.78 is 1.23. The van der Waals surface area contributed by atoms with Crippen LogP contribution in [-0.4, -0.2) is 0 Å². The van der Waals surface area contributed by atoms with E-state index in [9.17, 15) is 0 Å². The first-order valence-corrected chi connectivity index (χ1v) is 6.91. The van der Waals surface area contributed by atoms with E-state index in [-0.39, 0.29) is 0 Å². The van der Waals surface area contributed by atoms with E-state index in [4.69, 9.17) is 17.3 Å². The monoisotopic (exact) mass is 361 g/mol. The summed E-state index contributed by atoms with van der Waals surface area (Å²) in [5.41, 5.74) is 6.28. The Hall–Kier alpha value is -0.390. The molecule has 0 amide bonds. The molecule has 0 aliphatic rings. The van der Waals surface area contributed by atoms with Crippen LogP contribution in [0.5, 0.6) is 0 Å². The maximum Gasteiger partial charge on any atom is 0.0646 e. The summed E-state index contributed by atoms with van der Waals surface area (Å²) >= 11 is 9.93. The maximum absolute atomic E-state index is 5.97. The molecule has 0 aliphatic heterocycles. The predicted molar refractivity (Wildman–Crippen MR) is 79.1 cm³/mol. The predicted octanol–water partition coefficient (Wildman–Crippen LogP) is 4.68. The number of halogens is 2. The third-order valence-electron chi connectivity index (χ3n) is 2.02. The smallest absolute Gasteiger partial charge is 0.0646 e. The second kappa shape index (κ2) is 5.29. The molecule has 0 atom stereocenters. The Morgan fingerprint density at radius 3 is 2.25 bits per heavy atom. The lowest BCUT2D eigenvalue weighted by molar-refractivity contribution is 1.40. The van der Waals surface area contributed by atoms with Crippen LogP contribution in [0.15, 0.2) is 52.3 Å². The maximum atomic E-state index is 5.97. The van der Waals surface area contributed by atoms with Crippen molar-refractivity contribution >= 4 is 51.6 Å². The quantitative estimate of drug-likeness (QED) is 0.621. The van der Waals surface area contributed by atoms with Gasteiger partial charge in [0.1, 0.15) is 0 Å². The first kappa shape index (κ1) is 12.1. The standard InChI is InChI=1S/C12H9ClINS/c13-11-7-10(5-6-12(11)15)16-9-3-1-8(14)2-4-9/h1-7H,15H2. The lowest BCUT2D eigenvalue weighted by Crippen LogP contribution is -1.85. The number of hydrogen-bond acceptors (Lipinski definition) is 2. The van der Waals surface area contributed by atoms with Crippen LogP contribution in [0.3, 0.4) is 0 Å². The van der Waals surface area contributed by atoms with E-state index in [0.29, 0.717) is 10.7 Å². The number of hydrogen-bond donors (Lipinski definition) is 1. The lowest BCUT2D eigenvalue weighted by Gasteiger charge is -2.04. The zero-order valence-electron chi connectivity index (χ0n) is 8.28. The van der Waals surface area contributed by atoms with E-state index in [2.05, 4.69) is 46.9 Å². The van der Waals surface area contributed by atoms with Gasteiger partial charge < -0.3 is 5.73 Å².